The fourth-order valence-corrected chi connectivity index (χ4v) is 0.854. The third-order valence-corrected chi connectivity index (χ3v) is 1.66. The molecule has 0 N–H and O–H groups in total. The molecular formula is C10H20O2. The first-order valence-corrected chi connectivity index (χ1v) is 4.68. The number of rotatable bonds is 6. The molecule has 0 fully saturated rings. The molecule has 0 aliphatic carbocycles. The van der Waals surface area contributed by atoms with Crippen LogP contribution in [0.5, 0.6) is 0 Å². The molecule has 0 amide bonds. The molecule has 0 saturated heterocycles. The van der Waals surface area contributed by atoms with Crippen molar-refractivity contribution in [3.8, 4) is 0 Å². The zero-order valence-corrected chi connectivity index (χ0v) is 8.59. The Kier molecular flexibility index (Phi) is 5.99. The van der Waals surface area contributed by atoms with E-state index in [0.717, 1.165) is 6.42 Å². The Bertz CT molecular complexity index is 128. The highest BCUT2D eigenvalue weighted by Gasteiger charge is 2.06. The fourth-order valence-electron chi connectivity index (χ4n) is 0.854. The first kappa shape index (κ1) is 11.6. The average Bonchev–Trinajstić information content (AvgIpc) is 1.97. The van der Waals surface area contributed by atoms with Gasteiger partial charge in [-0.1, -0.05) is 13.8 Å². The van der Waals surface area contributed by atoms with E-state index in [2.05, 4.69) is 0 Å². The summed E-state index contributed by atoms with van der Waals surface area (Å²) in [5.41, 5.74) is 0. The van der Waals surface area contributed by atoms with Crippen molar-refractivity contribution in [2.45, 2.75) is 46.6 Å². The van der Waals surface area contributed by atoms with Crippen LogP contribution < -0.4 is 0 Å². The van der Waals surface area contributed by atoms with Gasteiger partial charge in [0.15, 0.2) is 0 Å². The maximum atomic E-state index is 11.1. The summed E-state index contributed by atoms with van der Waals surface area (Å²) in [5, 5.41) is 0. The van der Waals surface area contributed by atoms with Crippen LogP contribution in [0.4, 0.5) is 0 Å². The van der Waals surface area contributed by atoms with Gasteiger partial charge in [-0.05, 0) is 20.3 Å². The molecule has 0 radical (unpaired) electrons. The number of ketones is 1. The molecule has 0 rings (SSSR count). The molecule has 0 spiro atoms. The molecule has 0 aromatic carbocycles. The van der Waals surface area contributed by atoms with E-state index >= 15 is 0 Å². The highest BCUT2D eigenvalue weighted by molar-refractivity contribution is 5.80. The third kappa shape index (κ3) is 6.35. The van der Waals surface area contributed by atoms with Crippen LogP contribution in [-0.4, -0.2) is 18.5 Å². The Hall–Kier alpha value is -0.370. The summed E-state index contributed by atoms with van der Waals surface area (Å²) in [6, 6.07) is 0. The third-order valence-electron chi connectivity index (χ3n) is 1.66. The predicted octanol–water partition coefficient (Wildman–Crippen LogP) is 2.42. The van der Waals surface area contributed by atoms with Crippen molar-refractivity contribution >= 4 is 5.78 Å². The van der Waals surface area contributed by atoms with Crippen molar-refractivity contribution in [2.75, 3.05) is 6.61 Å². The molecule has 0 atom stereocenters. The van der Waals surface area contributed by atoms with Gasteiger partial charge in [0.2, 0.25) is 0 Å². The topological polar surface area (TPSA) is 26.3 Å². The van der Waals surface area contributed by atoms with Crippen LogP contribution in [0.15, 0.2) is 0 Å². The predicted molar refractivity (Wildman–Crippen MR) is 50.2 cm³/mol. The van der Waals surface area contributed by atoms with Crippen molar-refractivity contribution in [3.05, 3.63) is 0 Å². The van der Waals surface area contributed by atoms with Gasteiger partial charge >= 0.3 is 0 Å². The SMILES string of the molecule is CC(C)OCCCC(=O)C(C)C. The van der Waals surface area contributed by atoms with E-state index in [1.54, 1.807) is 0 Å². The minimum atomic E-state index is 0.170. The highest BCUT2D eigenvalue weighted by Crippen LogP contribution is 2.02. The van der Waals surface area contributed by atoms with E-state index in [1.165, 1.54) is 0 Å². The van der Waals surface area contributed by atoms with E-state index < -0.39 is 0 Å². The van der Waals surface area contributed by atoms with Crippen molar-refractivity contribution < 1.29 is 9.53 Å². The van der Waals surface area contributed by atoms with Crippen LogP contribution in [0.1, 0.15) is 40.5 Å². The summed E-state index contributed by atoms with van der Waals surface area (Å²) in [6.45, 7) is 8.59. The van der Waals surface area contributed by atoms with Gasteiger partial charge in [-0.2, -0.15) is 0 Å². The second-order valence-electron chi connectivity index (χ2n) is 3.64. The van der Waals surface area contributed by atoms with E-state index in [1.807, 2.05) is 27.7 Å². The maximum Gasteiger partial charge on any atom is 0.135 e. The van der Waals surface area contributed by atoms with Gasteiger partial charge in [-0.25, -0.2) is 0 Å². The van der Waals surface area contributed by atoms with Gasteiger partial charge in [-0.15, -0.1) is 0 Å². The van der Waals surface area contributed by atoms with Gasteiger partial charge in [0, 0.05) is 18.9 Å². The zero-order chi connectivity index (χ0) is 9.56. The standard InChI is InChI=1S/C10H20O2/c1-8(2)10(11)6-5-7-12-9(3)4/h8-9H,5-7H2,1-4H3. The monoisotopic (exact) mass is 172 g/mol. The van der Waals surface area contributed by atoms with Crippen molar-refractivity contribution in [1.82, 2.24) is 0 Å². The second kappa shape index (κ2) is 6.18. The largest absolute Gasteiger partial charge is 0.379 e. The number of hydrogen-bond donors (Lipinski definition) is 0. The van der Waals surface area contributed by atoms with E-state index in [9.17, 15) is 4.79 Å². The Morgan fingerprint density at radius 2 is 1.83 bits per heavy atom. The lowest BCUT2D eigenvalue weighted by atomic mass is 10.1. The average molecular weight is 172 g/mol. The van der Waals surface area contributed by atoms with Crippen molar-refractivity contribution in [2.24, 2.45) is 5.92 Å². The van der Waals surface area contributed by atoms with Crippen LogP contribution in [0.2, 0.25) is 0 Å². The summed E-state index contributed by atoms with van der Waals surface area (Å²) in [6.07, 6.45) is 1.79. The number of ether oxygens (including phenoxy) is 1. The molecule has 72 valence electrons. The van der Waals surface area contributed by atoms with E-state index in [-0.39, 0.29) is 12.0 Å². The lowest BCUT2D eigenvalue weighted by Crippen LogP contribution is -2.09. The Morgan fingerprint density at radius 3 is 2.25 bits per heavy atom. The highest BCUT2D eigenvalue weighted by atomic mass is 16.5. The normalized spacial score (nSPS) is 11.2. The van der Waals surface area contributed by atoms with Crippen LogP contribution in [0.25, 0.3) is 0 Å². The molecule has 0 bridgehead atoms. The van der Waals surface area contributed by atoms with Crippen LogP contribution in [0, 0.1) is 5.92 Å². The molecule has 0 unspecified atom stereocenters. The van der Waals surface area contributed by atoms with Gasteiger partial charge in [0.25, 0.3) is 0 Å². The summed E-state index contributed by atoms with van der Waals surface area (Å²) in [5.74, 6) is 0.506. The Labute approximate surface area is 75.3 Å². The van der Waals surface area contributed by atoms with Crippen LogP contribution in [0.3, 0.4) is 0 Å². The maximum absolute atomic E-state index is 11.1. The summed E-state index contributed by atoms with van der Waals surface area (Å²) < 4.78 is 5.32. The van der Waals surface area contributed by atoms with Gasteiger partial charge in [-0.3, -0.25) is 4.79 Å². The molecule has 0 saturated carbocycles. The smallest absolute Gasteiger partial charge is 0.135 e. The minimum Gasteiger partial charge on any atom is -0.379 e. The molecule has 0 aromatic heterocycles. The molecule has 0 heterocycles. The molecule has 12 heavy (non-hydrogen) atoms. The van der Waals surface area contributed by atoms with Crippen LogP contribution >= 0.6 is 0 Å². The number of carbonyl (C=O) groups excluding carboxylic acids is 1. The number of hydrogen-bond acceptors (Lipinski definition) is 2. The zero-order valence-electron chi connectivity index (χ0n) is 8.59. The molecule has 2 nitrogen and oxygen atoms in total. The molecule has 0 aromatic rings. The van der Waals surface area contributed by atoms with Crippen molar-refractivity contribution in [1.29, 1.82) is 0 Å². The molecular weight excluding hydrogens is 152 g/mol. The Morgan fingerprint density at radius 1 is 1.25 bits per heavy atom. The molecule has 0 aliphatic rings. The quantitative estimate of drug-likeness (QED) is 0.575. The van der Waals surface area contributed by atoms with Gasteiger partial charge in [0.1, 0.15) is 5.78 Å². The fraction of sp³-hybridized carbons (Fsp3) is 0.900. The molecule has 0 aliphatic heterocycles. The first-order valence-electron chi connectivity index (χ1n) is 4.68. The van der Waals surface area contributed by atoms with E-state index in [4.69, 9.17) is 4.74 Å². The first-order chi connectivity index (χ1) is 5.54. The second-order valence-corrected chi connectivity index (χ2v) is 3.64. The summed E-state index contributed by atoms with van der Waals surface area (Å²) in [7, 11) is 0. The summed E-state index contributed by atoms with van der Waals surface area (Å²) in [4.78, 5) is 11.1. The lowest BCUT2D eigenvalue weighted by Gasteiger charge is -2.07. The van der Waals surface area contributed by atoms with Crippen LogP contribution in [-0.2, 0) is 9.53 Å². The van der Waals surface area contributed by atoms with E-state index in [0.29, 0.717) is 18.8 Å². The molecule has 2 heteroatoms. The number of carbonyl (C=O) groups is 1. The minimum absolute atomic E-state index is 0.170. The lowest BCUT2D eigenvalue weighted by molar-refractivity contribution is -0.122. The van der Waals surface area contributed by atoms with Crippen molar-refractivity contribution in [3.63, 3.8) is 0 Å². The summed E-state index contributed by atoms with van der Waals surface area (Å²) >= 11 is 0. The Balaban J connectivity index is 3.26. The van der Waals surface area contributed by atoms with Gasteiger partial charge in [0.05, 0.1) is 6.10 Å². The number of Topliss-reactive ketones (excluding diaryl/α,β-unsaturated/α-hetero) is 1. The van der Waals surface area contributed by atoms with Gasteiger partial charge < -0.3 is 4.74 Å².